The predicted molar refractivity (Wildman–Crippen MR) is 102 cm³/mol. The third-order valence-electron chi connectivity index (χ3n) is 3.59. The van der Waals surface area contributed by atoms with E-state index in [2.05, 4.69) is 4.90 Å². The molecule has 0 spiro atoms. The molecule has 0 saturated heterocycles. The van der Waals surface area contributed by atoms with E-state index >= 15 is 0 Å². The zero-order valence-electron chi connectivity index (χ0n) is 14.5. The van der Waals surface area contributed by atoms with Crippen molar-refractivity contribution < 1.29 is 14.3 Å². The van der Waals surface area contributed by atoms with E-state index < -0.39 is 5.97 Å². The number of nitrogens with zero attached hydrogens (tertiary/aromatic N) is 1. The highest BCUT2D eigenvalue weighted by Gasteiger charge is 2.13. The van der Waals surface area contributed by atoms with Gasteiger partial charge in [-0.1, -0.05) is 23.2 Å². The van der Waals surface area contributed by atoms with Crippen molar-refractivity contribution in [2.24, 2.45) is 0 Å². The molecule has 0 aliphatic heterocycles. The molecule has 0 N–H and O–H groups in total. The van der Waals surface area contributed by atoms with Crippen molar-refractivity contribution in [1.29, 1.82) is 0 Å². The number of rotatable bonds is 7. The van der Waals surface area contributed by atoms with Gasteiger partial charge in [0.15, 0.2) is 0 Å². The molecule has 2 aromatic rings. The molecule has 0 aliphatic carbocycles. The summed E-state index contributed by atoms with van der Waals surface area (Å²) in [5.41, 5.74) is 1.88. The van der Waals surface area contributed by atoms with Gasteiger partial charge in [-0.3, -0.25) is 0 Å². The summed E-state index contributed by atoms with van der Waals surface area (Å²) in [4.78, 5) is 14.1. The van der Waals surface area contributed by atoms with Gasteiger partial charge in [-0.15, -0.1) is 0 Å². The van der Waals surface area contributed by atoms with Crippen molar-refractivity contribution in [2.75, 3.05) is 34.4 Å². The van der Waals surface area contributed by atoms with Gasteiger partial charge < -0.3 is 14.4 Å². The normalized spacial score (nSPS) is 10.8. The van der Waals surface area contributed by atoms with Crippen LogP contribution in [0.5, 0.6) is 5.75 Å². The van der Waals surface area contributed by atoms with Crippen LogP contribution in [0.3, 0.4) is 0 Å². The molecule has 0 aliphatic rings. The summed E-state index contributed by atoms with van der Waals surface area (Å²) in [5.74, 6) is 0.158. The number of hydrogen-bond acceptors (Lipinski definition) is 4. The second-order valence-electron chi connectivity index (χ2n) is 5.87. The molecule has 0 radical (unpaired) electrons. The van der Waals surface area contributed by atoms with E-state index in [1.165, 1.54) is 7.11 Å². The Morgan fingerprint density at radius 2 is 1.88 bits per heavy atom. The van der Waals surface area contributed by atoms with Gasteiger partial charge in [-0.25, -0.2) is 4.79 Å². The number of benzene rings is 2. The molecule has 0 saturated carbocycles. The summed E-state index contributed by atoms with van der Waals surface area (Å²) in [7, 11) is 5.37. The average Bonchev–Trinajstić information content (AvgIpc) is 2.59. The minimum Gasteiger partial charge on any atom is -0.493 e. The number of esters is 1. The van der Waals surface area contributed by atoms with Crippen molar-refractivity contribution in [1.82, 2.24) is 4.90 Å². The van der Waals surface area contributed by atoms with E-state index in [1.807, 2.05) is 20.2 Å². The lowest BCUT2D eigenvalue weighted by Gasteiger charge is -2.13. The minimum atomic E-state index is -0.432. The number of carbonyl (C=O) groups excluding carboxylic acids is 1. The van der Waals surface area contributed by atoms with Crippen LogP contribution in [-0.4, -0.2) is 45.2 Å². The van der Waals surface area contributed by atoms with Crippen molar-refractivity contribution in [3.8, 4) is 16.9 Å². The van der Waals surface area contributed by atoms with E-state index in [0.29, 0.717) is 28.0 Å². The fraction of sp³-hybridized carbons (Fsp3) is 0.316. The Morgan fingerprint density at radius 3 is 2.56 bits per heavy atom. The first kappa shape index (κ1) is 19.6. The fourth-order valence-electron chi connectivity index (χ4n) is 2.36. The quantitative estimate of drug-likeness (QED) is 0.511. The van der Waals surface area contributed by atoms with E-state index in [1.54, 1.807) is 30.3 Å². The van der Waals surface area contributed by atoms with Crippen molar-refractivity contribution in [3.05, 3.63) is 52.0 Å². The maximum Gasteiger partial charge on any atom is 0.338 e. The number of methoxy groups -OCH3 is 1. The standard InChI is InChI=1S/C19H21Cl2NO3/c1-22(2)7-4-8-25-16-10-13(9-14(11-16)19(23)24-3)17-12-15(20)5-6-18(17)21/h5-6,9-12H,4,7-8H2,1-3H3. The summed E-state index contributed by atoms with van der Waals surface area (Å²) >= 11 is 12.4. The van der Waals surface area contributed by atoms with Crippen LogP contribution >= 0.6 is 23.2 Å². The van der Waals surface area contributed by atoms with Crippen LogP contribution in [0.4, 0.5) is 0 Å². The van der Waals surface area contributed by atoms with Gasteiger partial charge in [0.1, 0.15) is 5.75 Å². The second kappa shape index (κ2) is 9.09. The molecule has 0 atom stereocenters. The maximum absolute atomic E-state index is 12.0. The molecular formula is C19H21Cl2NO3. The molecule has 0 fully saturated rings. The molecule has 0 heterocycles. The molecule has 6 heteroatoms. The molecule has 2 rings (SSSR count). The van der Waals surface area contributed by atoms with E-state index in [0.717, 1.165) is 24.1 Å². The molecule has 25 heavy (non-hydrogen) atoms. The van der Waals surface area contributed by atoms with Crippen molar-refractivity contribution >= 4 is 29.2 Å². The number of hydrogen-bond donors (Lipinski definition) is 0. The van der Waals surface area contributed by atoms with Crippen molar-refractivity contribution in [3.63, 3.8) is 0 Å². The van der Waals surface area contributed by atoms with Crippen LogP contribution in [0.1, 0.15) is 16.8 Å². The topological polar surface area (TPSA) is 38.8 Å². The minimum absolute atomic E-state index is 0.402. The molecule has 2 aromatic carbocycles. The monoisotopic (exact) mass is 381 g/mol. The average molecular weight is 382 g/mol. The molecule has 0 bridgehead atoms. The highest BCUT2D eigenvalue weighted by atomic mass is 35.5. The highest BCUT2D eigenvalue weighted by Crippen LogP contribution is 2.33. The summed E-state index contributed by atoms with van der Waals surface area (Å²) in [6, 6.07) is 10.4. The summed E-state index contributed by atoms with van der Waals surface area (Å²) in [5, 5.41) is 1.11. The first-order valence-corrected chi connectivity index (χ1v) is 8.62. The zero-order chi connectivity index (χ0) is 18.4. The van der Waals surface area contributed by atoms with Gasteiger partial charge in [-0.05, 0) is 62.5 Å². The predicted octanol–water partition coefficient (Wildman–Crippen LogP) is 4.78. The highest BCUT2D eigenvalue weighted by molar-refractivity contribution is 6.35. The zero-order valence-corrected chi connectivity index (χ0v) is 16.0. The van der Waals surface area contributed by atoms with E-state index in [9.17, 15) is 4.79 Å². The lowest BCUT2D eigenvalue weighted by molar-refractivity contribution is 0.0600. The number of halogens is 2. The molecule has 0 unspecified atom stereocenters. The molecule has 4 nitrogen and oxygen atoms in total. The fourth-order valence-corrected chi connectivity index (χ4v) is 2.76. The second-order valence-corrected chi connectivity index (χ2v) is 6.71. The Hall–Kier alpha value is -1.75. The van der Waals surface area contributed by atoms with Gasteiger partial charge in [0, 0.05) is 22.2 Å². The lowest BCUT2D eigenvalue weighted by atomic mass is 10.0. The van der Waals surface area contributed by atoms with Crippen molar-refractivity contribution in [2.45, 2.75) is 6.42 Å². The van der Waals surface area contributed by atoms with E-state index in [-0.39, 0.29) is 0 Å². The van der Waals surface area contributed by atoms with Crippen LogP contribution in [0.25, 0.3) is 11.1 Å². The SMILES string of the molecule is COC(=O)c1cc(OCCCN(C)C)cc(-c2cc(Cl)ccc2Cl)c1. The Bertz CT molecular complexity index is 747. The number of ether oxygens (including phenoxy) is 2. The van der Waals surface area contributed by atoms with Crippen LogP contribution in [-0.2, 0) is 4.74 Å². The Labute approximate surface area is 158 Å². The van der Waals surface area contributed by atoms with Crippen LogP contribution in [0.15, 0.2) is 36.4 Å². The van der Waals surface area contributed by atoms with Crippen LogP contribution < -0.4 is 4.74 Å². The van der Waals surface area contributed by atoms with Crippen LogP contribution in [0.2, 0.25) is 10.0 Å². The summed E-state index contributed by atoms with van der Waals surface area (Å²) in [6.45, 7) is 1.47. The third kappa shape index (κ3) is 5.63. The van der Waals surface area contributed by atoms with Gasteiger partial charge in [0.05, 0.1) is 19.3 Å². The Balaban J connectivity index is 2.33. The smallest absolute Gasteiger partial charge is 0.338 e. The number of carbonyl (C=O) groups is 1. The van der Waals surface area contributed by atoms with Gasteiger partial charge in [0.2, 0.25) is 0 Å². The van der Waals surface area contributed by atoms with Gasteiger partial charge >= 0.3 is 5.97 Å². The third-order valence-corrected chi connectivity index (χ3v) is 4.15. The summed E-state index contributed by atoms with van der Waals surface area (Å²) < 4.78 is 10.6. The first-order chi connectivity index (χ1) is 11.9. The van der Waals surface area contributed by atoms with E-state index in [4.69, 9.17) is 32.7 Å². The van der Waals surface area contributed by atoms with Gasteiger partial charge in [-0.2, -0.15) is 0 Å². The largest absolute Gasteiger partial charge is 0.493 e. The molecule has 134 valence electrons. The van der Waals surface area contributed by atoms with Crippen LogP contribution in [0, 0.1) is 0 Å². The molecule has 0 aromatic heterocycles. The Kier molecular flexibility index (Phi) is 7.12. The first-order valence-electron chi connectivity index (χ1n) is 7.87. The molecular weight excluding hydrogens is 361 g/mol. The molecule has 0 amide bonds. The summed E-state index contributed by atoms with van der Waals surface area (Å²) in [6.07, 6.45) is 0.878. The van der Waals surface area contributed by atoms with Gasteiger partial charge in [0.25, 0.3) is 0 Å². The lowest BCUT2D eigenvalue weighted by Crippen LogP contribution is -2.15. The maximum atomic E-state index is 12.0. The Morgan fingerprint density at radius 1 is 1.12 bits per heavy atom.